The summed E-state index contributed by atoms with van der Waals surface area (Å²) >= 11 is 1.68. The van der Waals surface area contributed by atoms with Crippen LogP contribution in [-0.4, -0.2) is 23.0 Å². The fraction of sp³-hybridized carbons (Fsp3) is 0.385. The number of H-pyrrole nitrogens is 1. The van der Waals surface area contributed by atoms with Gasteiger partial charge in [-0.05, 0) is 17.5 Å². The molecule has 0 fully saturated rings. The molecule has 2 rings (SSSR count). The van der Waals surface area contributed by atoms with Crippen molar-refractivity contribution in [2.24, 2.45) is 0 Å². The van der Waals surface area contributed by atoms with Gasteiger partial charge >= 0.3 is 5.97 Å². The third kappa shape index (κ3) is 2.46. The number of carbonyl (C=O) groups excluding carboxylic acids is 1. The minimum absolute atomic E-state index is 0.126. The summed E-state index contributed by atoms with van der Waals surface area (Å²) in [6.45, 7) is 6.51. The number of aromatic amines is 1. The number of imidazole rings is 1. The molecular weight excluding hydrogens is 248 g/mol. The zero-order valence-corrected chi connectivity index (χ0v) is 11.7. The molecule has 0 aromatic carbocycles. The summed E-state index contributed by atoms with van der Waals surface area (Å²) in [4.78, 5) is 20.8. The number of aromatic nitrogens is 2. The molecule has 2 aromatic rings. The number of hydrogen-bond donors (Lipinski definition) is 1. The molecule has 0 aliphatic carbocycles. The van der Waals surface area contributed by atoms with Crippen LogP contribution in [0.1, 0.15) is 36.1 Å². The van der Waals surface area contributed by atoms with Crippen LogP contribution in [0.15, 0.2) is 18.3 Å². The number of rotatable bonds is 2. The number of hydrogen-bond acceptors (Lipinski definition) is 4. The van der Waals surface area contributed by atoms with E-state index in [1.807, 2.05) is 6.07 Å². The normalized spacial score (nSPS) is 11.6. The van der Waals surface area contributed by atoms with Crippen molar-refractivity contribution in [3.8, 4) is 10.7 Å². The minimum atomic E-state index is -0.402. The molecule has 0 saturated heterocycles. The van der Waals surface area contributed by atoms with Crippen LogP contribution < -0.4 is 0 Å². The van der Waals surface area contributed by atoms with Gasteiger partial charge in [0.05, 0.1) is 18.2 Å². The standard InChI is InChI=1S/C13H16N2O2S/c1-13(2,3)10-6-5-9(18-10)11-14-7-8(15-11)12(16)17-4/h5-7H,1-4H3,(H,14,15). The van der Waals surface area contributed by atoms with E-state index in [1.165, 1.54) is 18.2 Å². The lowest BCUT2D eigenvalue weighted by molar-refractivity contribution is 0.0595. The molecule has 2 aromatic heterocycles. The highest BCUT2D eigenvalue weighted by Gasteiger charge is 2.18. The number of ether oxygens (including phenoxy) is 1. The molecule has 0 aliphatic rings. The predicted molar refractivity (Wildman–Crippen MR) is 71.9 cm³/mol. The van der Waals surface area contributed by atoms with Crippen molar-refractivity contribution in [2.45, 2.75) is 26.2 Å². The molecular formula is C13H16N2O2S. The van der Waals surface area contributed by atoms with Gasteiger partial charge in [-0.25, -0.2) is 9.78 Å². The van der Waals surface area contributed by atoms with Crippen LogP contribution in [0.3, 0.4) is 0 Å². The first-order valence-electron chi connectivity index (χ1n) is 5.66. The van der Waals surface area contributed by atoms with Crippen LogP contribution in [0.2, 0.25) is 0 Å². The van der Waals surface area contributed by atoms with Crippen LogP contribution in [0.5, 0.6) is 0 Å². The molecule has 18 heavy (non-hydrogen) atoms. The Labute approximate surface area is 110 Å². The quantitative estimate of drug-likeness (QED) is 0.847. The van der Waals surface area contributed by atoms with E-state index in [9.17, 15) is 4.79 Å². The lowest BCUT2D eigenvalue weighted by atomic mass is 9.95. The Morgan fingerprint density at radius 1 is 1.39 bits per heavy atom. The number of nitrogens with zero attached hydrogens (tertiary/aromatic N) is 1. The molecule has 0 atom stereocenters. The van der Waals surface area contributed by atoms with Gasteiger partial charge in [0.2, 0.25) is 0 Å². The van der Waals surface area contributed by atoms with E-state index in [4.69, 9.17) is 0 Å². The van der Waals surface area contributed by atoms with Gasteiger partial charge in [-0.1, -0.05) is 20.8 Å². The Balaban J connectivity index is 2.30. The maximum Gasteiger partial charge on any atom is 0.356 e. The van der Waals surface area contributed by atoms with Gasteiger partial charge < -0.3 is 9.72 Å². The Bertz CT molecular complexity index is 564. The van der Waals surface area contributed by atoms with Crippen molar-refractivity contribution in [3.05, 3.63) is 28.9 Å². The first-order valence-corrected chi connectivity index (χ1v) is 6.47. The van der Waals surface area contributed by atoms with Crippen LogP contribution in [0.25, 0.3) is 10.7 Å². The highest BCUT2D eigenvalue weighted by atomic mass is 32.1. The van der Waals surface area contributed by atoms with E-state index in [2.05, 4.69) is 41.5 Å². The van der Waals surface area contributed by atoms with Gasteiger partial charge in [0.1, 0.15) is 11.5 Å². The first-order chi connectivity index (χ1) is 8.41. The van der Waals surface area contributed by atoms with Crippen molar-refractivity contribution in [1.82, 2.24) is 9.97 Å². The molecule has 0 bridgehead atoms. The Morgan fingerprint density at radius 2 is 2.11 bits per heavy atom. The lowest BCUT2D eigenvalue weighted by Crippen LogP contribution is -2.07. The monoisotopic (exact) mass is 264 g/mol. The van der Waals surface area contributed by atoms with E-state index in [1.54, 1.807) is 11.3 Å². The fourth-order valence-corrected chi connectivity index (χ4v) is 2.54. The number of thiophene rings is 1. The molecule has 1 N–H and O–H groups in total. The van der Waals surface area contributed by atoms with Gasteiger partial charge in [0.15, 0.2) is 0 Å². The second-order valence-electron chi connectivity index (χ2n) is 5.05. The summed E-state index contributed by atoms with van der Waals surface area (Å²) in [5.74, 6) is 0.303. The summed E-state index contributed by atoms with van der Waals surface area (Å²) in [5, 5.41) is 0. The van der Waals surface area contributed by atoms with Gasteiger partial charge in [0.25, 0.3) is 0 Å². The van der Waals surface area contributed by atoms with Gasteiger partial charge in [0, 0.05) is 4.88 Å². The fourth-order valence-electron chi connectivity index (χ4n) is 1.53. The molecule has 0 saturated carbocycles. The summed E-state index contributed by atoms with van der Waals surface area (Å²) < 4.78 is 4.64. The number of carbonyl (C=O) groups is 1. The van der Waals surface area contributed by atoms with E-state index in [0.717, 1.165) is 4.88 Å². The smallest absolute Gasteiger partial charge is 0.356 e. The maximum atomic E-state index is 11.3. The molecule has 0 radical (unpaired) electrons. The molecule has 0 aliphatic heterocycles. The number of methoxy groups -OCH3 is 1. The van der Waals surface area contributed by atoms with E-state index in [-0.39, 0.29) is 5.41 Å². The highest BCUT2D eigenvalue weighted by Crippen LogP contribution is 2.33. The summed E-state index contributed by atoms with van der Waals surface area (Å²) in [5.41, 5.74) is 0.499. The topological polar surface area (TPSA) is 55.0 Å². The van der Waals surface area contributed by atoms with Crippen LogP contribution in [0, 0.1) is 0 Å². The molecule has 2 heterocycles. The van der Waals surface area contributed by atoms with E-state index in [0.29, 0.717) is 11.5 Å². The molecule has 96 valence electrons. The van der Waals surface area contributed by atoms with Crippen molar-refractivity contribution < 1.29 is 9.53 Å². The molecule has 4 nitrogen and oxygen atoms in total. The summed E-state index contributed by atoms with van der Waals surface area (Å²) in [6.07, 6.45) is 1.50. The Kier molecular flexibility index (Phi) is 3.26. The van der Waals surface area contributed by atoms with Gasteiger partial charge in [-0.15, -0.1) is 11.3 Å². The van der Waals surface area contributed by atoms with Gasteiger partial charge in [-0.2, -0.15) is 0 Å². The average Bonchev–Trinajstić information content (AvgIpc) is 2.94. The predicted octanol–water partition coefficient (Wildman–Crippen LogP) is 3.22. The second-order valence-corrected chi connectivity index (χ2v) is 6.13. The molecule has 0 amide bonds. The lowest BCUT2D eigenvalue weighted by Gasteiger charge is -2.15. The van der Waals surface area contributed by atoms with E-state index < -0.39 is 5.97 Å². The second kappa shape index (κ2) is 4.57. The molecule has 5 heteroatoms. The largest absolute Gasteiger partial charge is 0.464 e. The zero-order valence-electron chi connectivity index (χ0n) is 10.9. The van der Waals surface area contributed by atoms with Crippen LogP contribution in [0.4, 0.5) is 0 Å². The van der Waals surface area contributed by atoms with Gasteiger partial charge in [-0.3, -0.25) is 0 Å². The Morgan fingerprint density at radius 3 is 2.67 bits per heavy atom. The number of nitrogens with one attached hydrogen (secondary N) is 1. The highest BCUT2D eigenvalue weighted by molar-refractivity contribution is 7.15. The third-order valence-electron chi connectivity index (χ3n) is 2.56. The first kappa shape index (κ1) is 12.8. The molecule has 0 unspecified atom stereocenters. The van der Waals surface area contributed by atoms with Crippen molar-refractivity contribution >= 4 is 17.3 Å². The number of esters is 1. The van der Waals surface area contributed by atoms with Crippen molar-refractivity contribution in [3.63, 3.8) is 0 Å². The van der Waals surface area contributed by atoms with Crippen molar-refractivity contribution in [2.75, 3.05) is 7.11 Å². The summed E-state index contributed by atoms with van der Waals surface area (Å²) in [6, 6.07) is 4.12. The minimum Gasteiger partial charge on any atom is -0.464 e. The zero-order chi connectivity index (χ0) is 13.3. The molecule has 0 spiro atoms. The third-order valence-corrected chi connectivity index (χ3v) is 4.08. The van der Waals surface area contributed by atoms with Crippen molar-refractivity contribution in [1.29, 1.82) is 0 Å². The maximum absolute atomic E-state index is 11.3. The van der Waals surface area contributed by atoms with Crippen LogP contribution >= 0.6 is 11.3 Å². The van der Waals surface area contributed by atoms with E-state index >= 15 is 0 Å². The average molecular weight is 264 g/mol. The SMILES string of the molecule is COC(=O)c1cnc(-c2ccc(C(C)(C)C)s2)[nH]1. The van der Waals surface area contributed by atoms with Crippen LogP contribution in [-0.2, 0) is 10.2 Å². The Hall–Kier alpha value is -1.62. The summed E-state index contributed by atoms with van der Waals surface area (Å²) in [7, 11) is 1.35.